The van der Waals surface area contributed by atoms with E-state index >= 15 is 0 Å². The molecule has 7 nitrogen and oxygen atoms in total. The summed E-state index contributed by atoms with van der Waals surface area (Å²) in [5.74, 6) is 0.776. The zero-order valence-electron chi connectivity index (χ0n) is 12.7. The van der Waals surface area contributed by atoms with Crippen molar-refractivity contribution in [1.29, 1.82) is 0 Å². The van der Waals surface area contributed by atoms with Crippen molar-refractivity contribution in [2.75, 3.05) is 7.11 Å². The van der Waals surface area contributed by atoms with Gasteiger partial charge >= 0.3 is 0 Å². The summed E-state index contributed by atoms with van der Waals surface area (Å²) in [6.45, 7) is 2.24. The van der Waals surface area contributed by atoms with Gasteiger partial charge in [0, 0.05) is 12.6 Å². The summed E-state index contributed by atoms with van der Waals surface area (Å²) in [6.07, 6.45) is 0. The molecule has 3 aromatic rings. The van der Waals surface area contributed by atoms with E-state index in [0.717, 1.165) is 33.6 Å². The van der Waals surface area contributed by atoms with Gasteiger partial charge in [0.05, 0.1) is 18.3 Å². The fraction of sp³-hybridized carbons (Fsp3) is 0.200. The van der Waals surface area contributed by atoms with Gasteiger partial charge in [-0.2, -0.15) is 0 Å². The Balaban J connectivity index is 1.95. The van der Waals surface area contributed by atoms with Crippen molar-refractivity contribution in [1.82, 2.24) is 19.7 Å². The molecule has 0 aliphatic carbocycles. The Morgan fingerprint density at radius 3 is 2.61 bits per heavy atom. The van der Waals surface area contributed by atoms with Crippen molar-refractivity contribution in [3.8, 4) is 11.4 Å². The summed E-state index contributed by atoms with van der Waals surface area (Å²) < 4.78 is 30.5. The van der Waals surface area contributed by atoms with Gasteiger partial charge in [0.15, 0.2) is 0 Å². The quantitative estimate of drug-likeness (QED) is 0.689. The molecule has 0 amide bonds. The molecule has 1 aromatic heterocycles. The average molecular weight is 332 g/mol. The number of benzene rings is 2. The van der Waals surface area contributed by atoms with Crippen LogP contribution < -0.4 is 9.46 Å². The SMILES string of the molecule is COc1cc2nnn(-c3ccc(CN[SH](=O)=O)cc3)c2cc1C. The summed E-state index contributed by atoms with van der Waals surface area (Å²) in [5.41, 5.74) is 4.37. The number of nitrogens with one attached hydrogen (secondary N) is 1. The van der Waals surface area contributed by atoms with Crippen LogP contribution in [0.25, 0.3) is 16.7 Å². The molecular weight excluding hydrogens is 316 g/mol. The molecule has 23 heavy (non-hydrogen) atoms. The van der Waals surface area contributed by atoms with Crippen molar-refractivity contribution in [2.45, 2.75) is 13.5 Å². The lowest BCUT2D eigenvalue weighted by atomic mass is 10.2. The highest BCUT2D eigenvalue weighted by Crippen LogP contribution is 2.25. The van der Waals surface area contributed by atoms with Gasteiger partial charge in [-0.15, -0.1) is 5.10 Å². The van der Waals surface area contributed by atoms with Crippen LogP contribution in [0.3, 0.4) is 0 Å². The van der Waals surface area contributed by atoms with Crippen molar-refractivity contribution in [2.24, 2.45) is 0 Å². The maximum atomic E-state index is 10.6. The predicted octanol–water partition coefficient (Wildman–Crippen LogP) is 1.35. The molecule has 0 atom stereocenters. The van der Waals surface area contributed by atoms with Gasteiger partial charge in [-0.25, -0.2) is 17.8 Å². The second-order valence-electron chi connectivity index (χ2n) is 5.07. The number of ether oxygens (including phenoxy) is 1. The monoisotopic (exact) mass is 332 g/mol. The average Bonchev–Trinajstić information content (AvgIpc) is 2.95. The minimum absolute atomic E-state index is 0.271. The van der Waals surface area contributed by atoms with Crippen LogP contribution in [-0.2, 0) is 17.4 Å². The molecule has 1 heterocycles. The second-order valence-corrected chi connectivity index (χ2v) is 5.90. The Kier molecular flexibility index (Phi) is 4.26. The van der Waals surface area contributed by atoms with Crippen molar-refractivity contribution in [3.05, 3.63) is 47.5 Å². The predicted molar refractivity (Wildman–Crippen MR) is 87.3 cm³/mol. The lowest BCUT2D eigenvalue weighted by Crippen LogP contribution is -2.10. The van der Waals surface area contributed by atoms with Gasteiger partial charge in [-0.1, -0.05) is 17.3 Å². The van der Waals surface area contributed by atoms with Gasteiger partial charge in [-0.3, -0.25) is 0 Å². The first-order chi connectivity index (χ1) is 11.1. The molecule has 8 heteroatoms. The zero-order valence-corrected chi connectivity index (χ0v) is 13.6. The number of hydrogen-bond donors (Lipinski definition) is 2. The number of fused-ring (bicyclic) bond motifs is 1. The Labute approximate surface area is 135 Å². The maximum Gasteiger partial charge on any atom is 0.201 e. The number of thiol groups is 1. The minimum Gasteiger partial charge on any atom is -0.496 e. The van der Waals surface area contributed by atoms with E-state index < -0.39 is 10.9 Å². The molecule has 0 fully saturated rings. The number of aromatic nitrogens is 3. The van der Waals surface area contributed by atoms with E-state index in [0.29, 0.717) is 0 Å². The summed E-state index contributed by atoms with van der Waals surface area (Å²) in [6, 6.07) is 11.3. The molecule has 0 bridgehead atoms. The van der Waals surface area contributed by atoms with Gasteiger partial charge in [-0.05, 0) is 36.2 Å². The Morgan fingerprint density at radius 2 is 1.96 bits per heavy atom. The first kappa shape index (κ1) is 15.4. The minimum atomic E-state index is -2.59. The number of hydrogen-bond acceptors (Lipinski definition) is 5. The molecule has 0 unspecified atom stereocenters. The van der Waals surface area contributed by atoms with Crippen LogP contribution in [0.1, 0.15) is 11.1 Å². The molecule has 0 aliphatic rings. The summed E-state index contributed by atoms with van der Waals surface area (Å²) in [5, 5.41) is 8.35. The van der Waals surface area contributed by atoms with Gasteiger partial charge in [0.2, 0.25) is 10.9 Å². The van der Waals surface area contributed by atoms with Crippen LogP contribution in [0.4, 0.5) is 0 Å². The zero-order chi connectivity index (χ0) is 16.4. The molecular formula is C15H16N4O3S. The fourth-order valence-electron chi connectivity index (χ4n) is 2.37. The molecule has 2 aromatic carbocycles. The second kappa shape index (κ2) is 6.35. The van der Waals surface area contributed by atoms with E-state index in [-0.39, 0.29) is 6.54 Å². The Hall–Kier alpha value is -2.45. The number of rotatable bonds is 5. The normalized spacial score (nSPS) is 11.3. The third kappa shape index (κ3) is 3.17. The fourth-order valence-corrected chi connectivity index (χ4v) is 2.69. The van der Waals surface area contributed by atoms with Crippen LogP contribution in [0.5, 0.6) is 5.75 Å². The summed E-state index contributed by atoms with van der Waals surface area (Å²) in [4.78, 5) is 0. The highest BCUT2D eigenvalue weighted by Gasteiger charge is 2.10. The van der Waals surface area contributed by atoms with E-state index in [1.165, 1.54) is 0 Å². The van der Waals surface area contributed by atoms with Crippen LogP contribution in [0, 0.1) is 6.92 Å². The molecule has 120 valence electrons. The van der Waals surface area contributed by atoms with E-state index in [4.69, 9.17) is 4.74 Å². The number of aryl methyl sites for hydroxylation is 1. The molecule has 0 saturated heterocycles. The first-order valence-corrected chi connectivity index (χ1v) is 8.13. The van der Waals surface area contributed by atoms with Gasteiger partial charge < -0.3 is 4.74 Å². The first-order valence-electron chi connectivity index (χ1n) is 6.96. The highest BCUT2D eigenvalue weighted by molar-refractivity contribution is 7.70. The topological polar surface area (TPSA) is 86.1 Å². The molecule has 0 aliphatic heterocycles. The van der Waals surface area contributed by atoms with Crippen LogP contribution in [0.2, 0.25) is 0 Å². The third-order valence-corrected chi connectivity index (χ3v) is 3.97. The van der Waals surface area contributed by atoms with Gasteiger partial charge in [0.25, 0.3) is 0 Å². The number of nitrogens with zero attached hydrogens (tertiary/aromatic N) is 3. The molecule has 0 saturated carbocycles. The number of methoxy groups -OCH3 is 1. The smallest absolute Gasteiger partial charge is 0.201 e. The van der Waals surface area contributed by atoms with Crippen molar-refractivity contribution < 1.29 is 13.2 Å². The van der Waals surface area contributed by atoms with Gasteiger partial charge in [0.1, 0.15) is 11.3 Å². The van der Waals surface area contributed by atoms with E-state index in [1.54, 1.807) is 11.8 Å². The molecule has 1 N–H and O–H groups in total. The van der Waals surface area contributed by atoms with E-state index in [2.05, 4.69) is 15.0 Å². The third-order valence-electron chi connectivity index (χ3n) is 3.56. The Bertz CT molecular complexity index is 908. The summed E-state index contributed by atoms with van der Waals surface area (Å²) >= 11 is 0. The standard InChI is InChI=1S/C15H16N4O3S/c1-10-7-14-13(8-15(10)22-2)17-18-19(14)12-5-3-11(4-6-12)9-16-23(20)21/h3-8,23H,9H2,1-2H3,(H,16,20,21). The largest absolute Gasteiger partial charge is 0.496 e. The lowest BCUT2D eigenvalue weighted by molar-refractivity contribution is 0.412. The lowest BCUT2D eigenvalue weighted by Gasteiger charge is -2.06. The van der Waals surface area contributed by atoms with Crippen LogP contribution in [-0.4, -0.2) is 30.5 Å². The van der Waals surface area contributed by atoms with E-state index in [9.17, 15) is 8.42 Å². The van der Waals surface area contributed by atoms with Crippen molar-refractivity contribution >= 4 is 21.9 Å². The van der Waals surface area contributed by atoms with Crippen LogP contribution >= 0.6 is 0 Å². The van der Waals surface area contributed by atoms with Crippen LogP contribution in [0.15, 0.2) is 36.4 Å². The summed E-state index contributed by atoms with van der Waals surface area (Å²) in [7, 11) is -0.963. The Morgan fingerprint density at radius 1 is 1.22 bits per heavy atom. The highest BCUT2D eigenvalue weighted by atomic mass is 32.2. The molecule has 0 spiro atoms. The van der Waals surface area contributed by atoms with Crippen molar-refractivity contribution in [3.63, 3.8) is 0 Å². The van der Waals surface area contributed by atoms with E-state index in [1.807, 2.05) is 43.3 Å². The molecule has 3 rings (SSSR count). The maximum absolute atomic E-state index is 10.6. The molecule has 0 radical (unpaired) electrons.